The number of hydrogen-bond donors (Lipinski definition) is 2. The molecule has 0 saturated heterocycles. The van der Waals surface area contributed by atoms with E-state index in [1.54, 1.807) is 6.07 Å². The lowest BCUT2D eigenvalue weighted by atomic mass is 9.64. The molecule has 0 heterocycles. The average molecular weight is 268 g/mol. The van der Waals surface area contributed by atoms with Gasteiger partial charge < -0.3 is 10.4 Å². The maximum Gasteiger partial charge on any atom is 0.224 e. The number of rotatable bonds is 3. The third kappa shape index (κ3) is 2.52. The molecule has 1 amide bonds. The Bertz CT molecular complexity index is 459. The van der Waals surface area contributed by atoms with E-state index in [0.29, 0.717) is 11.4 Å². The van der Waals surface area contributed by atoms with Crippen molar-refractivity contribution in [2.45, 2.75) is 38.8 Å². The largest absolute Gasteiger partial charge is 0.392 e. The van der Waals surface area contributed by atoms with Crippen molar-refractivity contribution in [1.29, 1.82) is 0 Å². The third-order valence-electron chi connectivity index (χ3n) is 3.86. The maximum atomic E-state index is 11.9. The summed E-state index contributed by atoms with van der Waals surface area (Å²) in [5.41, 5.74) is 0.588. The first-order valence-electron chi connectivity index (χ1n) is 6.12. The van der Waals surface area contributed by atoms with Crippen LogP contribution in [-0.4, -0.2) is 23.2 Å². The molecule has 4 heteroatoms. The lowest BCUT2D eigenvalue weighted by molar-refractivity contribution is -0.128. The van der Waals surface area contributed by atoms with Gasteiger partial charge >= 0.3 is 0 Å². The van der Waals surface area contributed by atoms with Crippen molar-refractivity contribution in [1.82, 2.24) is 5.32 Å². The molecule has 18 heavy (non-hydrogen) atoms. The van der Waals surface area contributed by atoms with Crippen molar-refractivity contribution in [2.75, 3.05) is 0 Å². The van der Waals surface area contributed by atoms with Crippen molar-refractivity contribution in [3.8, 4) is 0 Å². The van der Waals surface area contributed by atoms with E-state index in [1.807, 2.05) is 32.0 Å². The minimum Gasteiger partial charge on any atom is -0.392 e. The molecule has 3 nitrogen and oxygen atoms in total. The first kappa shape index (κ1) is 13.4. The van der Waals surface area contributed by atoms with Gasteiger partial charge in [0, 0.05) is 16.5 Å². The van der Waals surface area contributed by atoms with Crippen molar-refractivity contribution < 1.29 is 9.90 Å². The monoisotopic (exact) mass is 267 g/mol. The lowest BCUT2D eigenvalue weighted by Gasteiger charge is -2.49. The summed E-state index contributed by atoms with van der Waals surface area (Å²) >= 11 is 6.01. The first-order valence-corrected chi connectivity index (χ1v) is 6.50. The molecule has 1 saturated carbocycles. The smallest absolute Gasteiger partial charge is 0.224 e. The van der Waals surface area contributed by atoms with Crippen LogP contribution in [0.25, 0.3) is 0 Å². The second-order valence-electron chi connectivity index (χ2n) is 5.46. The Labute approximate surface area is 112 Å². The Morgan fingerprint density at radius 1 is 1.50 bits per heavy atom. The van der Waals surface area contributed by atoms with Crippen LogP contribution >= 0.6 is 11.6 Å². The molecule has 0 aromatic heterocycles. The predicted molar refractivity (Wildman–Crippen MR) is 71.5 cm³/mol. The zero-order chi connectivity index (χ0) is 13.3. The van der Waals surface area contributed by atoms with Crippen LogP contribution in [0.2, 0.25) is 5.02 Å². The second-order valence-corrected chi connectivity index (χ2v) is 5.87. The highest BCUT2D eigenvalue weighted by Gasteiger charge is 2.47. The van der Waals surface area contributed by atoms with Crippen LogP contribution in [0.1, 0.15) is 25.8 Å². The number of benzene rings is 1. The summed E-state index contributed by atoms with van der Waals surface area (Å²) in [6.45, 7) is 3.92. The molecular weight excluding hydrogens is 250 g/mol. The number of halogens is 1. The van der Waals surface area contributed by atoms with Gasteiger partial charge in [0.05, 0.1) is 12.5 Å². The average Bonchev–Trinajstić information content (AvgIpc) is 2.32. The van der Waals surface area contributed by atoms with E-state index >= 15 is 0 Å². The standard InChI is InChI=1S/C14H18ClNO2/c1-14(2)11(8-12(14)17)16-13(18)7-9-5-3-4-6-10(9)15/h3-6,11-12,17H,7-8H2,1-2H3,(H,16,18). The van der Waals surface area contributed by atoms with E-state index in [2.05, 4.69) is 5.32 Å². The third-order valence-corrected chi connectivity index (χ3v) is 4.23. The predicted octanol–water partition coefficient (Wildman–Crippen LogP) is 2.16. The first-order chi connectivity index (χ1) is 8.41. The molecule has 1 aliphatic rings. The van der Waals surface area contributed by atoms with Crippen LogP contribution in [-0.2, 0) is 11.2 Å². The minimum absolute atomic E-state index is 0.0440. The maximum absolute atomic E-state index is 11.9. The zero-order valence-corrected chi connectivity index (χ0v) is 11.4. The number of hydrogen-bond acceptors (Lipinski definition) is 2. The Balaban J connectivity index is 1.93. The molecule has 98 valence electrons. The number of amides is 1. The summed E-state index contributed by atoms with van der Waals surface area (Å²) in [6, 6.07) is 7.38. The van der Waals surface area contributed by atoms with Crippen molar-refractivity contribution in [3.05, 3.63) is 34.9 Å². The Hall–Kier alpha value is -1.06. The second kappa shape index (κ2) is 4.90. The van der Waals surface area contributed by atoms with Crippen LogP contribution in [0.15, 0.2) is 24.3 Å². The van der Waals surface area contributed by atoms with Gasteiger partial charge in [-0.15, -0.1) is 0 Å². The van der Waals surface area contributed by atoms with E-state index in [1.165, 1.54) is 0 Å². The molecule has 1 fully saturated rings. The van der Waals surface area contributed by atoms with E-state index < -0.39 is 0 Å². The number of aliphatic hydroxyl groups excluding tert-OH is 1. The molecule has 1 aromatic carbocycles. The number of carbonyl (C=O) groups is 1. The summed E-state index contributed by atoms with van der Waals surface area (Å²) in [7, 11) is 0. The summed E-state index contributed by atoms with van der Waals surface area (Å²) in [5, 5.41) is 13.2. The van der Waals surface area contributed by atoms with E-state index in [0.717, 1.165) is 5.56 Å². The molecule has 1 aliphatic carbocycles. The fourth-order valence-electron chi connectivity index (χ4n) is 2.21. The highest BCUT2D eigenvalue weighted by Crippen LogP contribution is 2.40. The summed E-state index contributed by atoms with van der Waals surface area (Å²) in [6.07, 6.45) is 0.576. The van der Waals surface area contributed by atoms with Gasteiger partial charge in [-0.2, -0.15) is 0 Å². The molecule has 0 bridgehead atoms. The van der Waals surface area contributed by atoms with E-state index in [4.69, 9.17) is 11.6 Å². The van der Waals surface area contributed by atoms with Gasteiger partial charge in [0.2, 0.25) is 5.91 Å². The number of nitrogens with one attached hydrogen (secondary N) is 1. The highest BCUT2D eigenvalue weighted by molar-refractivity contribution is 6.31. The van der Waals surface area contributed by atoms with Gasteiger partial charge in [0.25, 0.3) is 0 Å². The van der Waals surface area contributed by atoms with Crippen LogP contribution in [0.3, 0.4) is 0 Å². The summed E-state index contributed by atoms with van der Waals surface area (Å²) < 4.78 is 0. The molecular formula is C14H18ClNO2. The SMILES string of the molecule is CC1(C)C(O)CC1NC(=O)Cc1ccccc1Cl. The zero-order valence-electron chi connectivity index (χ0n) is 10.6. The fraction of sp³-hybridized carbons (Fsp3) is 0.500. The quantitative estimate of drug-likeness (QED) is 0.882. The molecule has 0 radical (unpaired) electrons. The normalized spacial score (nSPS) is 25.3. The van der Waals surface area contributed by atoms with E-state index in [-0.39, 0.29) is 29.9 Å². The van der Waals surface area contributed by atoms with Crippen molar-refractivity contribution in [3.63, 3.8) is 0 Å². The summed E-state index contributed by atoms with van der Waals surface area (Å²) in [4.78, 5) is 11.9. The van der Waals surface area contributed by atoms with E-state index in [9.17, 15) is 9.90 Å². The van der Waals surface area contributed by atoms with Gasteiger partial charge in [-0.3, -0.25) is 4.79 Å². The molecule has 2 unspecified atom stereocenters. The summed E-state index contributed by atoms with van der Waals surface area (Å²) in [5.74, 6) is -0.0481. The Morgan fingerprint density at radius 2 is 2.17 bits per heavy atom. The lowest BCUT2D eigenvalue weighted by Crippen LogP contribution is -2.61. The minimum atomic E-state index is -0.330. The Morgan fingerprint density at radius 3 is 2.72 bits per heavy atom. The molecule has 2 N–H and O–H groups in total. The van der Waals surface area contributed by atoms with Crippen LogP contribution in [0.5, 0.6) is 0 Å². The van der Waals surface area contributed by atoms with Gasteiger partial charge in [-0.25, -0.2) is 0 Å². The fourth-order valence-corrected chi connectivity index (χ4v) is 2.41. The molecule has 0 spiro atoms. The van der Waals surface area contributed by atoms with Crippen LogP contribution < -0.4 is 5.32 Å². The highest BCUT2D eigenvalue weighted by atomic mass is 35.5. The molecule has 2 rings (SSSR count). The van der Waals surface area contributed by atoms with Crippen LogP contribution in [0, 0.1) is 5.41 Å². The Kier molecular flexibility index (Phi) is 3.64. The molecule has 0 aliphatic heterocycles. The van der Waals surface area contributed by atoms with Crippen molar-refractivity contribution >= 4 is 17.5 Å². The topological polar surface area (TPSA) is 49.3 Å². The van der Waals surface area contributed by atoms with Gasteiger partial charge in [-0.05, 0) is 18.1 Å². The molecule has 1 aromatic rings. The van der Waals surface area contributed by atoms with Crippen LogP contribution in [0.4, 0.5) is 0 Å². The van der Waals surface area contributed by atoms with Gasteiger partial charge in [-0.1, -0.05) is 43.6 Å². The van der Waals surface area contributed by atoms with Crippen molar-refractivity contribution in [2.24, 2.45) is 5.41 Å². The van der Waals surface area contributed by atoms with Gasteiger partial charge in [0.15, 0.2) is 0 Å². The van der Waals surface area contributed by atoms with Gasteiger partial charge in [0.1, 0.15) is 0 Å². The molecule has 2 atom stereocenters. The number of carbonyl (C=O) groups excluding carboxylic acids is 1. The number of aliphatic hydroxyl groups is 1.